The van der Waals surface area contributed by atoms with Gasteiger partial charge in [0.1, 0.15) is 0 Å². The molecular weight excluding hydrogens is 751 g/mol. The molecule has 5 heterocycles. The van der Waals surface area contributed by atoms with Crippen LogP contribution < -0.4 is 5.56 Å². The Labute approximate surface area is 345 Å². The first-order valence-electron chi connectivity index (χ1n) is 20.4. The number of fused-ring (bicyclic) bond motifs is 15. The molecule has 278 valence electrons. The number of hydrogen-bond donors (Lipinski definition) is 0. The maximum Gasteiger partial charge on any atom is 0.263 e. The van der Waals surface area contributed by atoms with Crippen molar-refractivity contribution in [1.29, 1.82) is 0 Å². The van der Waals surface area contributed by atoms with Crippen LogP contribution in [0.4, 0.5) is 0 Å². The molecule has 0 fully saturated rings. The van der Waals surface area contributed by atoms with Gasteiger partial charge in [-0.1, -0.05) is 121 Å². The van der Waals surface area contributed by atoms with Crippen LogP contribution in [-0.4, -0.2) is 13.5 Å². The second-order valence-electron chi connectivity index (χ2n) is 16.0. The lowest BCUT2D eigenvalue weighted by Gasteiger charge is -2.15. The minimum absolute atomic E-state index is 0.0246. The Hall–Kier alpha value is -7.73. The third-order valence-electron chi connectivity index (χ3n) is 12.9. The first-order chi connectivity index (χ1) is 29.7. The average molecular weight is 782 g/mol. The van der Waals surface area contributed by atoms with E-state index in [1.165, 1.54) is 63.8 Å². The van der Waals surface area contributed by atoms with Gasteiger partial charge in [-0.3, -0.25) is 9.20 Å². The predicted molar refractivity (Wildman–Crippen MR) is 254 cm³/mol. The molecule has 0 aliphatic rings. The Balaban J connectivity index is 1.18. The van der Waals surface area contributed by atoms with E-state index >= 15 is 0 Å². The van der Waals surface area contributed by atoms with E-state index in [-0.39, 0.29) is 5.56 Å². The van der Waals surface area contributed by atoms with Crippen LogP contribution in [0.2, 0.25) is 0 Å². The van der Waals surface area contributed by atoms with Crippen LogP contribution in [0.25, 0.3) is 124 Å². The Bertz CT molecular complexity index is 4200. The molecule has 0 aliphatic carbocycles. The van der Waals surface area contributed by atoms with Crippen molar-refractivity contribution in [2.45, 2.75) is 0 Å². The van der Waals surface area contributed by atoms with Crippen LogP contribution in [0.3, 0.4) is 0 Å². The molecule has 0 N–H and O–H groups in total. The highest BCUT2D eigenvalue weighted by atomic mass is 32.1. The SMILES string of the molecule is O=c1c2ccccc2c2cc(-c3cc(-n4c5ccccc5c5ccc6c7ccccc7n(-c7ccccc7)c6c54)cc4c3sc3ccccc34)cc3c4ccccc4n1c23. The van der Waals surface area contributed by atoms with E-state index in [4.69, 9.17) is 0 Å². The van der Waals surface area contributed by atoms with E-state index in [2.05, 4.69) is 173 Å². The zero-order chi connectivity index (χ0) is 39.2. The van der Waals surface area contributed by atoms with Gasteiger partial charge in [-0.05, 0) is 77.7 Å². The molecule has 0 saturated heterocycles. The van der Waals surface area contributed by atoms with Crippen LogP contribution in [0.15, 0.2) is 193 Å². The number of benzene rings is 9. The molecule has 5 heteroatoms. The second-order valence-corrected chi connectivity index (χ2v) is 17.0. The summed E-state index contributed by atoms with van der Waals surface area (Å²) in [5.74, 6) is 0. The molecule has 0 unspecified atom stereocenters. The minimum atomic E-state index is 0.0246. The molecule has 4 nitrogen and oxygen atoms in total. The van der Waals surface area contributed by atoms with Crippen LogP contribution in [0, 0.1) is 0 Å². The summed E-state index contributed by atoms with van der Waals surface area (Å²) >= 11 is 1.86. The minimum Gasteiger partial charge on any atom is -0.307 e. The number of pyridine rings is 1. The normalized spacial score (nSPS) is 12.4. The van der Waals surface area contributed by atoms with Gasteiger partial charge in [0, 0.05) is 80.2 Å². The van der Waals surface area contributed by atoms with Gasteiger partial charge in [0.15, 0.2) is 0 Å². The van der Waals surface area contributed by atoms with Crippen LogP contribution >= 0.6 is 11.3 Å². The lowest BCUT2D eigenvalue weighted by molar-refractivity contribution is 1.15. The van der Waals surface area contributed by atoms with E-state index in [0.29, 0.717) is 0 Å². The summed E-state index contributed by atoms with van der Waals surface area (Å²) in [4.78, 5) is 14.2. The topological polar surface area (TPSA) is 31.3 Å². The van der Waals surface area contributed by atoms with E-state index < -0.39 is 0 Å². The summed E-state index contributed by atoms with van der Waals surface area (Å²) in [5, 5.41) is 12.3. The largest absolute Gasteiger partial charge is 0.307 e. The Morgan fingerprint density at radius 3 is 1.55 bits per heavy atom. The van der Waals surface area contributed by atoms with Crippen LogP contribution in [0.1, 0.15) is 0 Å². The van der Waals surface area contributed by atoms with Gasteiger partial charge >= 0.3 is 0 Å². The number of rotatable bonds is 3. The lowest BCUT2D eigenvalue weighted by Crippen LogP contribution is -2.12. The van der Waals surface area contributed by atoms with Crippen molar-refractivity contribution in [3.63, 3.8) is 0 Å². The van der Waals surface area contributed by atoms with Gasteiger partial charge in [0.2, 0.25) is 0 Å². The van der Waals surface area contributed by atoms with E-state index in [1.807, 2.05) is 40.0 Å². The van der Waals surface area contributed by atoms with Gasteiger partial charge in [-0.2, -0.15) is 0 Å². The summed E-state index contributed by atoms with van der Waals surface area (Å²) in [6, 6.07) is 67.8. The standard InChI is InChI=1S/C55H31N3OS/c59-55-42-21-5-4-16-35(42)44-28-32(29-45-38-19-8-12-24-49(38)58(55)51(44)45)43-30-34(31-46-39-20-9-13-25-50(39)60-54(43)46)57-48-23-11-7-18-37(48)41-27-26-40-36-17-6-10-22-47(36)56(52(40)53(41)57)33-14-2-1-3-15-33/h1-31H. The monoisotopic (exact) mass is 781 g/mol. The molecule has 60 heavy (non-hydrogen) atoms. The summed E-state index contributed by atoms with van der Waals surface area (Å²) < 4.78 is 9.42. The maximum absolute atomic E-state index is 14.2. The molecule has 0 bridgehead atoms. The Morgan fingerprint density at radius 1 is 0.350 bits per heavy atom. The molecule has 5 aromatic heterocycles. The molecule has 0 amide bonds. The van der Waals surface area contributed by atoms with Crippen molar-refractivity contribution in [2.24, 2.45) is 0 Å². The molecule has 0 saturated carbocycles. The highest BCUT2D eigenvalue weighted by Crippen LogP contribution is 2.47. The van der Waals surface area contributed by atoms with E-state index in [9.17, 15) is 4.79 Å². The second kappa shape index (κ2) is 11.7. The van der Waals surface area contributed by atoms with Gasteiger partial charge < -0.3 is 9.13 Å². The third-order valence-corrected chi connectivity index (χ3v) is 14.2. The zero-order valence-corrected chi connectivity index (χ0v) is 32.9. The lowest BCUT2D eigenvalue weighted by atomic mass is 9.96. The van der Waals surface area contributed by atoms with E-state index in [1.54, 1.807) is 0 Å². The molecule has 0 spiro atoms. The number of thiophene rings is 1. The first-order valence-corrected chi connectivity index (χ1v) is 21.2. The molecule has 0 aliphatic heterocycles. The fraction of sp³-hybridized carbons (Fsp3) is 0. The van der Waals surface area contributed by atoms with Crippen molar-refractivity contribution >= 4 is 113 Å². The highest BCUT2D eigenvalue weighted by molar-refractivity contribution is 7.26. The average Bonchev–Trinajstić information content (AvgIpc) is 4.05. The smallest absolute Gasteiger partial charge is 0.263 e. The van der Waals surface area contributed by atoms with E-state index in [0.717, 1.165) is 60.4 Å². The van der Waals surface area contributed by atoms with Crippen molar-refractivity contribution in [1.82, 2.24) is 13.5 Å². The molecule has 9 aromatic carbocycles. The summed E-state index contributed by atoms with van der Waals surface area (Å²) in [6.07, 6.45) is 0. The van der Waals surface area contributed by atoms with Gasteiger partial charge in [-0.25, -0.2) is 0 Å². The molecule has 14 rings (SSSR count). The van der Waals surface area contributed by atoms with Crippen LogP contribution in [-0.2, 0) is 0 Å². The Kier molecular flexibility index (Phi) is 6.28. The molecule has 14 aromatic rings. The highest BCUT2D eigenvalue weighted by Gasteiger charge is 2.24. The first kappa shape index (κ1) is 32.3. The predicted octanol–water partition coefficient (Wildman–Crippen LogP) is 14.4. The number of para-hydroxylation sites is 4. The summed E-state index contributed by atoms with van der Waals surface area (Å²) in [6.45, 7) is 0. The Morgan fingerprint density at radius 2 is 0.867 bits per heavy atom. The fourth-order valence-electron chi connectivity index (χ4n) is 10.5. The quantitative estimate of drug-likeness (QED) is 0.164. The molecular formula is C55H31N3OS. The number of aromatic nitrogens is 3. The van der Waals surface area contributed by atoms with Gasteiger partial charge in [-0.15, -0.1) is 11.3 Å². The van der Waals surface area contributed by atoms with Crippen molar-refractivity contribution in [2.75, 3.05) is 0 Å². The zero-order valence-electron chi connectivity index (χ0n) is 32.1. The summed E-state index contributed by atoms with van der Waals surface area (Å²) in [7, 11) is 0. The van der Waals surface area contributed by atoms with Crippen molar-refractivity contribution in [3.8, 4) is 22.5 Å². The van der Waals surface area contributed by atoms with Crippen molar-refractivity contribution < 1.29 is 0 Å². The van der Waals surface area contributed by atoms with Gasteiger partial charge in [0.05, 0.1) is 33.1 Å². The van der Waals surface area contributed by atoms with Gasteiger partial charge in [0.25, 0.3) is 5.56 Å². The fourth-order valence-corrected chi connectivity index (χ4v) is 11.7. The number of nitrogens with zero attached hydrogens (tertiary/aromatic N) is 3. The number of hydrogen-bond acceptors (Lipinski definition) is 2. The molecule has 0 atom stereocenters. The van der Waals surface area contributed by atoms with Crippen molar-refractivity contribution in [3.05, 3.63) is 198 Å². The van der Waals surface area contributed by atoms with Crippen LogP contribution in [0.5, 0.6) is 0 Å². The molecule has 0 radical (unpaired) electrons. The summed E-state index contributed by atoms with van der Waals surface area (Å²) in [5.41, 5.74) is 11.2. The third kappa shape index (κ3) is 4.11. The maximum atomic E-state index is 14.2.